The third-order valence-corrected chi connectivity index (χ3v) is 3.45. The molecule has 0 aliphatic carbocycles. The lowest BCUT2D eigenvalue weighted by atomic mass is 10.2. The fourth-order valence-corrected chi connectivity index (χ4v) is 2.43. The average Bonchev–Trinajstić information content (AvgIpc) is 2.48. The van der Waals surface area contributed by atoms with Crippen molar-refractivity contribution >= 4 is 22.7 Å². The summed E-state index contributed by atoms with van der Waals surface area (Å²) in [6, 6.07) is 12.5. The number of nitrogens with zero attached hydrogens (tertiary/aromatic N) is 1. The molecule has 0 saturated carbocycles. The van der Waals surface area contributed by atoms with Crippen molar-refractivity contribution in [2.45, 2.75) is 0 Å². The Hall–Kier alpha value is -2.27. The van der Waals surface area contributed by atoms with E-state index in [0.717, 1.165) is 32.0 Å². The van der Waals surface area contributed by atoms with Gasteiger partial charge in [-0.1, -0.05) is 0 Å². The summed E-state index contributed by atoms with van der Waals surface area (Å²) in [5, 5.41) is 3.15. The maximum Gasteiger partial charge on any atom is 0.127 e. The zero-order valence-electron chi connectivity index (χ0n) is 11.7. The van der Waals surface area contributed by atoms with Gasteiger partial charge in [0.2, 0.25) is 0 Å². The van der Waals surface area contributed by atoms with Crippen molar-refractivity contribution in [3.63, 3.8) is 0 Å². The molecule has 5 heteroatoms. The molecule has 2 aromatic carbocycles. The molecule has 0 amide bonds. The monoisotopic (exact) mass is 287 g/mol. The van der Waals surface area contributed by atoms with Crippen molar-refractivity contribution in [3.05, 3.63) is 48.3 Å². The number of nitrogens with two attached hydrogens (primary N) is 1. The molecule has 1 aliphatic heterocycles. The van der Waals surface area contributed by atoms with E-state index in [9.17, 15) is 4.39 Å². The molecule has 0 aromatic heterocycles. The first-order valence-corrected chi connectivity index (χ1v) is 6.96. The third kappa shape index (κ3) is 3.44. The van der Waals surface area contributed by atoms with Crippen LogP contribution < -0.4 is 16.0 Å². The standard InChI is InChI=1S/C16H18FN3O/c17-12-9-13(18)11-15(10-12)19-14-1-3-16(4-2-14)20-5-7-21-8-6-20/h1-4,9-11,19H,5-8,18H2. The minimum Gasteiger partial charge on any atom is -0.399 e. The zero-order chi connectivity index (χ0) is 14.7. The normalized spacial score (nSPS) is 15.0. The highest BCUT2D eigenvalue weighted by atomic mass is 19.1. The summed E-state index contributed by atoms with van der Waals surface area (Å²) in [7, 11) is 0. The van der Waals surface area contributed by atoms with Crippen LogP contribution in [0, 0.1) is 5.82 Å². The second-order valence-corrected chi connectivity index (χ2v) is 5.04. The Kier molecular flexibility index (Phi) is 3.92. The van der Waals surface area contributed by atoms with Crippen molar-refractivity contribution in [2.75, 3.05) is 42.3 Å². The van der Waals surface area contributed by atoms with Crippen LogP contribution in [0.1, 0.15) is 0 Å². The molecule has 1 fully saturated rings. The molecule has 1 heterocycles. The summed E-state index contributed by atoms with van der Waals surface area (Å²) in [6.45, 7) is 3.35. The van der Waals surface area contributed by atoms with E-state index in [1.807, 2.05) is 12.1 Å². The second kappa shape index (κ2) is 6.01. The number of anilines is 4. The number of ether oxygens (including phenoxy) is 1. The fourth-order valence-electron chi connectivity index (χ4n) is 2.43. The number of morpholine rings is 1. The number of nitrogens with one attached hydrogen (secondary N) is 1. The van der Waals surface area contributed by atoms with Gasteiger partial charge >= 0.3 is 0 Å². The topological polar surface area (TPSA) is 50.5 Å². The molecule has 0 atom stereocenters. The number of halogens is 1. The van der Waals surface area contributed by atoms with Crippen molar-refractivity contribution in [1.82, 2.24) is 0 Å². The minimum absolute atomic E-state index is 0.345. The van der Waals surface area contributed by atoms with Crippen LogP contribution in [-0.2, 0) is 4.74 Å². The molecule has 0 spiro atoms. The molecule has 3 rings (SSSR count). The molecule has 0 radical (unpaired) electrons. The summed E-state index contributed by atoms with van der Waals surface area (Å²) in [4.78, 5) is 2.29. The Morgan fingerprint density at radius 2 is 1.71 bits per heavy atom. The molecule has 110 valence electrons. The molecule has 1 saturated heterocycles. The first-order chi connectivity index (χ1) is 10.2. The van der Waals surface area contributed by atoms with Crippen LogP contribution in [0.25, 0.3) is 0 Å². The molecular formula is C16H18FN3O. The maximum atomic E-state index is 13.3. The summed E-state index contributed by atoms with van der Waals surface area (Å²) in [5.74, 6) is -0.345. The van der Waals surface area contributed by atoms with Crippen LogP contribution in [0.15, 0.2) is 42.5 Å². The Morgan fingerprint density at radius 3 is 2.38 bits per heavy atom. The fraction of sp³-hybridized carbons (Fsp3) is 0.250. The van der Waals surface area contributed by atoms with Gasteiger partial charge in [-0.2, -0.15) is 0 Å². The van der Waals surface area contributed by atoms with Gasteiger partial charge in [0.25, 0.3) is 0 Å². The largest absolute Gasteiger partial charge is 0.399 e. The van der Waals surface area contributed by atoms with Crippen LogP contribution in [0.3, 0.4) is 0 Å². The lowest BCUT2D eigenvalue weighted by Gasteiger charge is -2.28. The number of nitrogen functional groups attached to an aromatic ring is 1. The van der Waals surface area contributed by atoms with Gasteiger partial charge < -0.3 is 20.7 Å². The number of hydrogen-bond acceptors (Lipinski definition) is 4. The van der Waals surface area contributed by atoms with Crippen molar-refractivity contribution < 1.29 is 9.13 Å². The van der Waals surface area contributed by atoms with Gasteiger partial charge in [0, 0.05) is 35.8 Å². The van der Waals surface area contributed by atoms with E-state index in [0.29, 0.717) is 11.4 Å². The molecule has 3 N–H and O–H groups in total. The molecule has 1 aliphatic rings. The van der Waals surface area contributed by atoms with Crippen LogP contribution in [0.2, 0.25) is 0 Å². The first-order valence-electron chi connectivity index (χ1n) is 6.96. The molecular weight excluding hydrogens is 269 g/mol. The lowest BCUT2D eigenvalue weighted by molar-refractivity contribution is 0.122. The van der Waals surface area contributed by atoms with E-state index >= 15 is 0 Å². The van der Waals surface area contributed by atoms with Gasteiger partial charge in [-0.25, -0.2) is 4.39 Å². The van der Waals surface area contributed by atoms with E-state index in [-0.39, 0.29) is 5.82 Å². The number of rotatable bonds is 3. The van der Waals surface area contributed by atoms with E-state index < -0.39 is 0 Å². The molecule has 2 aromatic rings. The van der Waals surface area contributed by atoms with E-state index in [1.54, 1.807) is 6.07 Å². The van der Waals surface area contributed by atoms with Crippen LogP contribution in [-0.4, -0.2) is 26.3 Å². The molecule has 4 nitrogen and oxygen atoms in total. The highest BCUT2D eigenvalue weighted by Crippen LogP contribution is 2.23. The predicted octanol–water partition coefficient (Wildman–Crippen LogP) is 2.99. The van der Waals surface area contributed by atoms with Gasteiger partial charge in [-0.15, -0.1) is 0 Å². The van der Waals surface area contributed by atoms with Gasteiger partial charge in [0.1, 0.15) is 5.82 Å². The highest BCUT2D eigenvalue weighted by molar-refractivity contribution is 5.65. The van der Waals surface area contributed by atoms with Crippen LogP contribution in [0.5, 0.6) is 0 Å². The summed E-state index contributed by atoms with van der Waals surface area (Å²) in [5.41, 5.74) is 8.76. The number of hydrogen-bond donors (Lipinski definition) is 2. The maximum absolute atomic E-state index is 13.3. The van der Waals surface area contributed by atoms with Gasteiger partial charge in [-0.05, 0) is 42.5 Å². The van der Waals surface area contributed by atoms with E-state index in [2.05, 4.69) is 22.3 Å². The Labute approximate surface area is 123 Å². The second-order valence-electron chi connectivity index (χ2n) is 5.04. The van der Waals surface area contributed by atoms with E-state index in [1.165, 1.54) is 17.8 Å². The Bertz CT molecular complexity index is 589. The summed E-state index contributed by atoms with van der Waals surface area (Å²) >= 11 is 0. The molecule has 0 bridgehead atoms. The van der Waals surface area contributed by atoms with Gasteiger partial charge in [-0.3, -0.25) is 0 Å². The zero-order valence-corrected chi connectivity index (χ0v) is 11.7. The quantitative estimate of drug-likeness (QED) is 0.852. The number of benzene rings is 2. The smallest absolute Gasteiger partial charge is 0.127 e. The summed E-state index contributed by atoms with van der Waals surface area (Å²) < 4.78 is 18.6. The van der Waals surface area contributed by atoms with Crippen molar-refractivity contribution in [3.8, 4) is 0 Å². The van der Waals surface area contributed by atoms with E-state index in [4.69, 9.17) is 10.5 Å². The molecule has 0 unspecified atom stereocenters. The molecule has 21 heavy (non-hydrogen) atoms. The average molecular weight is 287 g/mol. The van der Waals surface area contributed by atoms with Crippen molar-refractivity contribution in [2.24, 2.45) is 0 Å². The van der Waals surface area contributed by atoms with Crippen LogP contribution >= 0.6 is 0 Å². The van der Waals surface area contributed by atoms with Gasteiger partial charge in [0.15, 0.2) is 0 Å². The van der Waals surface area contributed by atoms with Crippen molar-refractivity contribution in [1.29, 1.82) is 0 Å². The SMILES string of the molecule is Nc1cc(F)cc(Nc2ccc(N3CCOCC3)cc2)c1. The first kappa shape index (κ1) is 13.7. The minimum atomic E-state index is -0.345. The summed E-state index contributed by atoms with van der Waals surface area (Å²) in [6.07, 6.45) is 0. The third-order valence-electron chi connectivity index (χ3n) is 3.45. The Morgan fingerprint density at radius 1 is 1.00 bits per heavy atom. The van der Waals surface area contributed by atoms with Crippen LogP contribution in [0.4, 0.5) is 27.1 Å². The van der Waals surface area contributed by atoms with Gasteiger partial charge in [0.05, 0.1) is 13.2 Å². The highest BCUT2D eigenvalue weighted by Gasteiger charge is 2.10. The predicted molar refractivity (Wildman–Crippen MR) is 83.6 cm³/mol. The lowest BCUT2D eigenvalue weighted by Crippen LogP contribution is -2.36. The Balaban J connectivity index is 1.71.